The third kappa shape index (κ3) is 1.68. The van der Waals surface area contributed by atoms with Gasteiger partial charge in [-0.1, -0.05) is 6.08 Å². The fourth-order valence-electron chi connectivity index (χ4n) is 2.98. The van der Waals surface area contributed by atoms with E-state index in [0.29, 0.717) is 13.1 Å². The van der Waals surface area contributed by atoms with E-state index in [9.17, 15) is 30.3 Å². The lowest BCUT2D eigenvalue weighted by Gasteiger charge is -2.44. The Kier molecular flexibility index (Phi) is 3.20. The molecule has 0 aromatic carbocycles. The highest BCUT2D eigenvalue weighted by atomic mass is 16.7. The zero-order valence-corrected chi connectivity index (χ0v) is 10.8. The molecule has 2 atom stereocenters. The molecule has 0 aromatic heterocycles. The van der Waals surface area contributed by atoms with Crippen LogP contribution >= 0.6 is 0 Å². The topological polar surface area (TPSA) is 133 Å². The third-order valence-corrected chi connectivity index (χ3v) is 4.15. The van der Waals surface area contributed by atoms with Gasteiger partial charge in [-0.2, -0.15) is 0 Å². The molecule has 2 unspecified atom stereocenters. The van der Waals surface area contributed by atoms with Crippen LogP contribution in [0.1, 0.15) is 19.8 Å². The van der Waals surface area contributed by atoms with Gasteiger partial charge in [0.25, 0.3) is 5.54 Å². The fraction of sp³-hybridized carbons (Fsp3) is 0.800. The predicted molar refractivity (Wildman–Crippen MR) is 65.9 cm³/mol. The average Bonchev–Trinajstić information content (AvgIpc) is 2.28. The van der Waals surface area contributed by atoms with E-state index in [0.717, 1.165) is 6.42 Å². The molecule has 0 aromatic rings. The van der Waals surface area contributed by atoms with Crippen molar-refractivity contribution in [3.63, 3.8) is 0 Å². The standard InChI is InChI=1S/C10H14N4O6/c1-9(12(15)16)4-2-5-10(13(17)18,14(19)20)8(9)11-6-3-7-11/h2,4,8H,3,5-7H2,1H3. The van der Waals surface area contributed by atoms with Crippen LogP contribution in [0.2, 0.25) is 0 Å². The molecule has 1 heterocycles. The molecule has 0 radical (unpaired) electrons. The Morgan fingerprint density at radius 2 is 1.65 bits per heavy atom. The fourth-order valence-corrected chi connectivity index (χ4v) is 2.98. The molecular formula is C10H14N4O6. The summed E-state index contributed by atoms with van der Waals surface area (Å²) in [7, 11) is 0. The van der Waals surface area contributed by atoms with E-state index in [1.54, 1.807) is 0 Å². The molecule has 10 heteroatoms. The SMILES string of the molecule is CC1([N+](=O)[O-])C=CCC([N+](=O)[O-])([N+](=O)[O-])C1N1CCC1. The van der Waals surface area contributed by atoms with E-state index in [1.165, 1.54) is 24.0 Å². The molecule has 2 aliphatic rings. The van der Waals surface area contributed by atoms with Crippen LogP contribution in [0, 0.1) is 30.3 Å². The first-order valence-electron chi connectivity index (χ1n) is 6.12. The van der Waals surface area contributed by atoms with Gasteiger partial charge in [0.05, 0.1) is 0 Å². The highest BCUT2D eigenvalue weighted by Crippen LogP contribution is 2.40. The van der Waals surface area contributed by atoms with Crippen molar-refractivity contribution in [3.05, 3.63) is 42.5 Å². The normalized spacial score (nSPS) is 32.4. The van der Waals surface area contributed by atoms with E-state index < -0.39 is 38.4 Å². The average molecular weight is 286 g/mol. The molecule has 1 fully saturated rings. The maximum Gasteiger partial charge on any atom is 0.484 e. The smallest absolute Gasteiger partial charge is 0.281 e. The van der Waals surface area contributed by atoms with Crippen LogP contribution in [0.25, 0.3) is 0 Å². The third-order valence-electron chi connectivity index (χ3n) is 4.15. The van der Waals surface area contributed by atoms with Gasteiger partial charge in [-0.3, -0.25) is 35.2 Å². The number of nitro groups is 3. The summed E-state index contributed by atoms with van der Waals surface area (Å²) >= 11 is 0. The molecule has 110 valence electrons. The first-order chi connectivity index (χ1) is 9.26. The van der Waals surface area contributed by atoms with Gasteiger partial charge in [0.15, 0.2) is 0 Å². The van der Waals surface area contributed by atoms with Crippen molar-refractivity contribution >= 4 is 0 Å². The zero-order chi connectivity index (χ0) is 15.1. The monoisotopic (exact) mass is 286 g/mol. The summed E-state index contributed by atoms with van der Waals surface area (Å²) in [5.74, 6) is 0. The van der Waals surface area contributed by atoms with Gasteiger partial charge < -0.3 is 0 Å². The maximum absolute atomic E-state index is 11.4. The van der Waals surface area contributed by atoms with Crippen LogP contribution < -0.4 is 0 Å². The summed E-state index contributed by atoms with van der Waals surface area (Å²) in [5, 5.41) is 34.1. The second-order valence-corrected chi connectivity index (χ2v) is 5.27. The van der Waals surface area contributed by atoms with Crippen LogP contribution in [0.15, 0.2) is 12.2 Å². The van der Waals surface area contributed by atoms with E-state index in [-0.39, 0.29) is 0 Å². The minimum Gasteiger partial charge on any atom is -0.281 e. The van der Waals surface area contributed by atoms with Crippen molar-refractivity contribution < 1.29 is 14.8 Å². The Hall–Kier alpha value is -2.10. The summed E-state index contributed by atoms with van der Waals surface area (Å²) < 4.78 is 0. The van der Waals surface area contributed by atoms with Crippen molar-refractivity contribution in [2.24, 2.45) is 0 Å². The van der Waals surface area contributed by atoms with Gasteiger partial charge >= 0.3 is 5.66 Å². The second-order valence-electron chi connectivity index (χ2n) is 5.27. The minimum atomic E-state index is -2.57. The highest BCUT2D eigenvalue weighted by molar-refractivity contribution is 5.17. The Labute approximate surface area is 113 Å². The molecule has 20 heavy (non-hydrogen) atoms. The number of hydrogen-bond donors (Lipinski definition) is 0. The Morgan fingerprint density at radius 3 is 2.00 bits per heavy atom. The first kappa shape index (κ1) is 14.3. The van der Waals surface area contributed by atoms with Crippen LogP contribution in [0.5, 0.6) is 0 Å². The van der Waals surface area contributed by atoms with Crippen molar-refractivity contribution in [3.8, 4) is 0 Å². The van der Waals surface area contributed by atoms with Gasteiger partial charge in [-0.25, -0.2) is 0 Å². The summed E-state index contributed by atoms with van der Waals surface area (Å²) in [6.45, 7) is 1.99. The molecule has 1 aliphatic carbocycles. The van der Waals surface area contributed by atoms with Crippen LogP contribution in [0.4, 0.5) is 0 Å². The number of hydrogen-bond acceptors (Lipinski definition) is 7. The molecule has 10 nitrogen and oxygen atoms in total. The molecule has 2 rings (SSSR count). The predicted octanol–water partition coefficient (Wildman–Crippen LogP) is 0.306. The Bertz CT molecular complexity index is 488. The quantitative estimate of drug-likeness (QED) is 0.314. The lowest BCUT2D eigenvalue weighted by atomic mass is 9.75. The molecule has 0 bridgehead atoms. The van der Waals surface area contributed by atoms with Gasteiger partial charge in [0, 0.05) is 24.9 Å². The van der Waals surface area contributed by atoms with Crippen LogP contribution in [-0.4, -0.2) is 50.0 Å². The van der Waals surface area contributed by atoms with Crippen LogP contribution in [-0.2, 0) is 0 Å². The molecule has 1 aliphatic heterocycles. The lowest BCUT2D eigenvalue weighted by Crippen LogP contribution is -2.74. The van der Waals surface area contributed by atoms with E-state index in [2.05, 4.69) is 0 Å². The van der Waals surface area contributed by atoms with Crippen molar-refractivity contribution in [2.45, 2.75) is 37.0 Å². The lowest BCUT2D eigenvalue weighted by molar-refractivity contribution is -0.812. The zero-order valence-electron chi connectivity index (χ0n) is 10.8. The molecule has 0 amide bonds. The Morgan fingerprint density at radius 1 is 1.10 bits per heavy atom. The number of likely N-dealkylation sites (tertiary alicyclic amines) is 1. The Balaban J connectivity index is 2.61. The van der Waals surface area contributed by atoms with E-state index in [4.69, 9.17) is 0 Å². The van der Waals surface area contributed by atoms with E-state index >= 15 is 0 Å². The van der Waals surface area contributed by atoms with Crippen LogP contribution in [0.3, 0.4) is 0 Å². The van der Waals surface area contributed by atoms with Crippen molar-refractivity contribution in [1.29, 1.82) is 0 Å². The summed E-state index contributed by atoms with van der Waals surface area (Å²) in [4.78, 5) is 32.9. The highest BCUT2D eigenvalue weighted by Gasteiger charge is 2.75. The first-order valence-corrected chi connectivity index (χ1v) is 6.12. The largest absolute Gasteiger partial charge is 0.484 e. The number of rotatable bonds is 4. The molecule has 0 N–H and O–H groups in total. The summed E-state index contributed by atoms with van der Waals surface area (Å²) in [5.41, 5.74) is -4.42. The van der Waals surface area contributed by atoms with E-state index in [1.807, 2.05) is 0 Å². The molecule has 1 saturated heterocycles. The summed E-state index contributed by atoms with van der Waals surface area (Å²) in [6.07, 6.45) is 2.68. The van der Waals surface area contributed by atoms with Crippen molar-refractivity contribution in [1.82, 2.24) is 4.90 Å². The molecule has 0 spiro atoms. The van der Waals surface area contributed by atoms with Gasteiger partial charge in [0.2, 0.25) is 6.04 Å². The van der Waals surface area contributed by atoms with Gasteiger partial charge in [-0.15, -0.1) is 0 Å². The summed E-state index contributed by atoms with van der Waals surface area (Å²) in [6, 6.07) is -1.39. The maximum atomic E-state index is 11.4. The minimum absolute atomic E-state index is 0.394. The number of nitrogens with zero attached hydrogens (tertiary/aromatic N) is 4. The van der Waals surface area contributed by atoms with Gasteiger partial charge in [-0.05, 0) is 12.5 Å². The van der Waals surface area contributed by atoms with Gasteiger partial charge in [0.1, 0.15) is 16.3 Å². The molecular weight excluding hydrogens is 272 g/mol. The second kappa shape index (κ2) is 4.47. The van der Waals surface area contributed by atoms with Crippen molar-refractivity contribution in [2.75, 3.05) is 13.1 Å². The molecule has 0 saturated carbocycles.